The van der Waals surface area contributed by atoms with Gasteiger partial charge in [0, 0.05) is 21.5 Å². The van der Waals surface area contributed by atoms with E-state index in [0.29, 0.717) is 0 Å². The summed E-state index contributed by atoms with van der Waals surface area (Å²) in [6.07, 6.45) is 4.81. The number of hydrogen-bond donors (Lipinski definition) is 1. The Balaban J connectivity index is 2.28. The first-order valence-corrected chi connectivity index (χ1v) is 8.86. The van der Waals surface area contributed by atoms with Gasteiger partial charge in [-0.05, 0) is 31.0 Å². The molecule has 0 atom stereocenters. The zero-order valence-corrected chi connectivity index (χ0v) is 14.8. The number of hydrogen-bond acceptors (Lipinski definition) is 4. The van der Waals surface area contributed by atoms with Crippen molar-refractivity contribution in [1.29, 1.82) is 0 Å². The molecule has 112 valence electrons. The summed E-state index contributed by atoms with van der Waals surface area (Å²) in [5.41, 5.74) is 1.22. The van der Waals surface area contributed by atoms with Crippen molar-refractivity contribution < 1.29 is 0 Å². The Bertz CT molecular complexity index is 589. The molecule has 0 amide bonds. The van der Waals surface area contributed by atoms with Crippen LogP contribution in [-0.2, 0) is 6.42 Å². The van der Waals surface area contributed by atoms with Crippen molar-refractivity contribution in [3.8, 4) is 0 Å². The number of nitrogens with zero attached hydrogens (tertiary/aromatic N) is 2. The van der Waals surface area contributed by atoms with Crippen LogP contribution in [0.5, 0.6) is 0 Å². The van der Waals surface area contributed by atoms with Crippen molar-refractivity contribution in [2.45, 2.75) is 43.0 Å². The minimum Gasteiger partial charge on any atom is -0.370 e. The highest BCUT2D eigenvalue weighted by atomic mass is 79.9. The van der Waals surface area contributed by atoms with Crippen molar-refractivity contribution in [3.05, 3.63) is 40.6 Å². The van der Waals surface area contributed by atoms with Gasteiger partial charge in [-0.1, -0.05) is 54.0 Å². The van der Waals surface area contributed by atoms with Gasteiger partial charge in [0.2, 0.25) is 0 Å². The van der Waals surface area contributed by atoms with Crippen LogP contribution >= 0.6 is 27.7 Å². The third-order valence-corrected chi connectivity index (χ3v) is 4.49. The summed E-state index contributed by atoms with van der Waals surface area (Å²) < 4.78 is 1.09. The lowest BCUT2D eigenvalue weighted by molar-refractivity contribution is 0.849. The average molecular weight is 366 g/mol. The third-order valence-electron chi connectivity index (χ3n) is 2.96. The third kappa shape index (κ3) is 4.71. The van der Waals surface area contributed by atoms with E-state index in [9.17, 15) is 0 Å². The van der Waals surface area contributed by atoms with E-state index in [1.54, 1.807) is 18.1 Å². The number of rotatable bonds is 7. The lowest BCUT2D eigenvalue weighted by Crippen LogP contribution is -2.07. The first kappa shape index (κ1) is 16.3. The Morgan fingerprint density at radius 3 is 2.76 bits per heavy atom. The summed E-state index contributed by atoms with van der Waals surface area (Å²) in [5, 5.41) is 4.46. The zero-order chi connectivity index (χ0) is 15.1. The van der Waals surface area contributed by atoms with E-state index in [2.05, 4.69) is 57.2 Å². The zero-order valence-electron chi connectivity index (χ0n) is 12.4. The second kappa shape index (κ2) is 8.39. The molecule has 0 unspecified atom stereocenters. The number of halogens is 1. The Labute approximate surface area is 139 Å². The number of benzene rings is 1. The monoisotopic (exact) mass is 365 g/mol. The Morgan fingerprint density at radius 1 is 1.19 bits per heavy atom. The smallest absolute Gasteiger partial charge is 0.133 e. The molecule has 0 fully saturated rings. The van der Waals surface area contributed by atoms with E-state index in [4.69, 9.17) is 0 Å². The summed E-state index contributed by atoms with van der Waals surface area (Å²) >= 11 is 5.21. The maximum absolute atomic E-state index is 4.49. The minimum atomic E-state index is 0.939. The fraction of sp³-hybridized carbons (Fsp3) is 0.375. The van der Waals surface area contributed by atoms with Crippen LogP contribution in [0.15, 0.2) is 45.0 Å². The number of nitrogens with one attached hydrogen (secondary N) is 1. The molecule has 1 aromatic heterocycles. The molecule has 2 aromatic rings. The highest BCUT2D eigenvalue weighted by Crippen LogP contribution is 2.33. The maximum Gasteiger partial charge on any atom is 0.133 e. The van der Waals surface area contributed by atoms with Crippen molar-refractivity contribution >= 4 is 33.5 Å². The van der Waals surface area contributed by atoms with Gasteiger partial charge in [0.25, 0.3) is 0 Å². The molecule has 1 N–H and O–H groups in total. The molecular weight excluding hydrogens is 346 g/mol. The second-order valence-corrected chi connectivity index (χ2v) is 6.72. The van der Waals surface area contributed by atoms with Crippen LogP contribution in [0.4, 0.5) is 5.82 Å². The first-order chi connectivity index (χ1) is 10.2. The summed E-state index contributed by atoms with van der Waals surface area (Å²) in [5.74, 6) is 0.978. The summed E-state index contributed by atoms with van der Waals surface area (Å²) in [6, 6.07) is 8.29. The molecule has 2 rings (SSSR count). The molecule has 0 aliphatic carbocycles. The van der Waals surface area contributed by atoms with Crippen LogP contribution < -0.4 is 5.32 Å². The van der Waals surface area contributed by atoms with Gasteiger partial charge >= 0.3 is 0 Å². The number of anilines is 1. The SMILES string of the molecule is CCCNc1ncnc(Sc2cccc(Br)c2)c1CCC. The molecule has 0 aliphatic heterocycles. The molecule has 0 radical (unpaired) electrons. The lowest BCUT2D eigenvalue weighted by atomic mass is 10.2. The molecule has 21 heavy (non-hydrogen) atoms. The van der Waals surface area contributed by atoms with Gasteiger partial charge in [-0.2, -0.15) is 0 Å². The molecular formula is C16H20BrN3S. The van der Waals surface area contributed by atoms with E-state index in [-0.39, 0.29) is 0 Å². The molecule has 0 aliphatic rings. The molecule has 0 saturated carbocycles. The highest BCUT2D eigenvalue weighted by molar-refractivity contribution is 9.10. The van der Waals surface area contributed by atoms with Crippen molar-refractivity contribution in [3.63, 3.8) is 0 Å². The quantitative estimate of drug-likeness (QED) is 0.687. The van der Waals surface area contributed by atoms with E-state index in [1.807, 2.05) is 12.1 Å². The Hall–Kier alpha value is -1.07. The van der Waals surface area contributed by atoms with Crippen molar-refractivity contribution in [2.24, 2.45) is 0 Å². The Morgan fingerprint density at radius 2 is 2.05 bits per heavy atom. The van der Waals surface area contributed by atoms with E-state index >= 15 is 0 Å². The summed E-state index contributed by atoms with van der Waals surface area (Å²) in [4.78, 5) is 10.1. The fourth-order valence-electron chi connectivity index (χ4n) is 2.00. The molecule has 1 aromatic carbocycles. The normalized spacial score (nSPS) is 10.6. The van der Waals surface area contributed by atoms with Gasteiger partial charge < -0.3 is 5.32 Å². The predicted octanol–water partition coefficient (Wildman–Crippen LogP) is 5.16. The Kier molecular flexibility index (Phi) is 6.51. The van der Waals surface area contributed by atoms with Gasteiger partial charge in [0.05, 0.1) is 0 Å². The largest absolute Gasteiger partial charge is 0.370 e. The van der Waals surface area contributed by atoms with E-state index < -0.39 is 0 Å². The van der Waals surface area contributed by atoms with Crippen LogP contribution in [0, 0.1) is 0 Å². The summed E-state index contributed by atoms with van der Waals surface area (Å²) in [6.45, 7) is 5.28. The lowest BCUT2D eigenvalue weighted by Gasteiger charge is -2.13. The van der Waals surface area contributed by atoms with Crippen LogP contribution in [0.25, 0.3) is 0 Å². The molecule has 3 nitrogen and oxygen atoms in total. The second-order valence-electron chi connectivity index (χ2n) is 4.74. The van der Waals surface area contributed by atoms with Crippen LogP contribution in [0.3, 0.4) is 0 Å². The number of aromatic nitrogens is 2. The van der Waals surface area contributed by atoms with Gasteiger partial charge in [0.15, 0.2) is 0 Å². The molecule has 0 spiro atoms. The van der Waals surface area contributed by atoms with Crippen LogP contribution in [0.2, 0.25) is 0 Å². The van der Waals surface area contributed by atoms with Gasteiger partial charge in [-0.25, -0.2) is 9.97 Å². The average Bonchev–Trinajstić information content (AvgIpc) is 2.48. The van der Waals surface area contributed by atoms with Crippen LogP contribution in [-0.4, -0.2) is 16.5 Å². The van der Waals surface area contributed by atoms with Crippen molar-refractivity contribution in [1.82, 2.24) is 9.97 Å². The minimum absolute atomic E-state index is 0.939. The van der Waals surface area contributed by atoms with Gasteiger partial charge in [-0.3, -0.25) is 0 Å². The first-order valence-electron chi connectivity index (χ1n) is 7.25. The van der Waals surface area contributed by atoms with E-state index in [0.717, 1.165) is 41.1 Å². The van der Waals surface area contributed by atoms with Gasteiger partial charge in [-0.15, -0.1) is 0 Å². The molecule has 5 heteroatoms. The standard InChI is InChI=1S/C16H20BrN3S/c1-3-6-14-15(18-9-4-2)19-11-20-16(14)21-13-8-5-7-12(17)10-13/h5,7-8,10-11H,3-4,6,9H2,1-2H3,(H,18,19,20). The predicted molar refractivity (Wildman–Crippen MR) is 93.1 cm³/mol. The molecule has 0 bridgehead atoms. The van der Waals surface area contributed by atoms with Crippen LogP contribution in [0.1, 0.15) is 32.3 Å². The van der Waals surface area contributed by atoms with E-state index in [1.165, 1.54) is 10.5 Å². The van der Waals surface area contributed by atoms with Gasteiger partial charge in [0.1, 0.15) is 17.2 Å². The fourth-order valence-corrected chi connectivity index (χ4v) is 3.53. The molecule has 1 heterocycles. The summed E-state index contributed by atoms with van der Waals surface area (Å²) in [7, 11) is 0. The van der Waals surface area contributed by atoms with Crippen molar-refractivity contribution in [2.75, 3.05) is 11.9 Å². The molecule has 0 saturated heterocycles. The maximum atomic E-state index is 4.49. The highest BCUT2D eigenvalue weighted by Gasteiger charge is 2.12. The topological polar surface area (TPSA) is 37.8 Å².